The Labute approximate surface area is 197 Å². The summed E-state index contributed by atoms with van der Waals surface area (Å²) in [6.07, 6.45) is 6.76. The van der Waals surface area contributed by atoms with Gasteiger partial charge in [-0.1, -0.05) is 51.3 Å². The van der Waals surface area contributed by atoms with Gasteiger partial charge in [0.05, 0.1) is 10.9 Å². The second kappa shape index (κ2) is 7.58. The molecule has 1 fully saturated rings. The standard InChI is InChI=1S/C31H34NO/c1-18(2)23-15-25-13-19(3)20(4)29-30(25)27(16-23)33-28-17-24-14-22(21-9-7-6-8-10-21)11-12-26(24)32(5)31(28)29/h11-18,21H,6-10H2,1-5H3/q+1. The molecule has 0 saturated heterocycles. The van der Waals surface area contributed by atoms with Gasteiger partial charge in [0.2, 0.25) is 5.52 Å². The molecule has 1 aromatic heterocycles. The molecule has 0 N–H and O–H groups in total. The molecular weight excluding hydrogens is 402 g/mol. The summed E-state index contributed by atoms with van der Waals surface area (Å²) in [5, 5.41) is 3.82. The lowest BCUT2D eigenvalue weighted by molar-refractivity contribution is -0.633. The fourth-order valence-electron chi connectivity index (χ4n) is 6.14. The van der Waals surface area contributed by atoms with Crippen LogP contribution in [0.15, 0.2) is 42.5 Å². The fourth-order valence-corrected chi connectivity index (χ4v) is 6.14. The van der Waals surface area contributed by atoms with Crippen LogP contribution in [0.3, 0.4) is 0 Å². The minimum absolute atomic E-state index is 0.464. The van der Waals surface area contributed by atoms with Crippen LogP contribution >= 0.6 is 0 Å². The summed E-state index contributed by atoms with van der Waals surface area (Å²) < 4.78 is 9.05. The number of nitrogens with zero attached hydrogens (tertiary/aromatic N) is 1. The van der Waals surface area contributed by atoms with Crippen molar-refractivity contribution in [1.82, 2.24) is 0 Å². The Balaban J connectivity index is 1.61. The monoisotopic (exact) mass is 436 g/mol. The van der Waals surface area contributed by atoms with E-state index in [0.29, 0.717) is 11.8 Å². The van der Waals surface area contributed by atoms with Crippen molar-refractivity contribution in [3.63, 3.8) is 0 Å². The Hall–Kier alpha value is -2.87. The molecule has 3 aromatic carbocycles. The Bertz CT molecular complexity index is 1420. The first-order chi connectivity index (χ1) is 15.9. The van der Waals surface area contributed by atoms with Crippen LogP contribution in [-0.4, -0.2) is 0 Å². The zero-order valence-electron chi connectivity index (χ0n) is 20.6. The number of hydrogen-bond donors (Lipinski definition) is 0. The topological polar surface area (TPSA) is 13.1 Å². The van der Waals surface area contributed by atoms with Crippen LogP contribution in [0.4, 0.5) is 0 Å². The van der Waals surface area contributed by atoms with Gasteiger partial charge in [0.15, 0.2) is 5.75 Å². The van der Waals surface area contributed by atoms with E-state index in [1.165, 1.54) is 87.3 Å². The Morgan fingerprint density at radius 2 is 1.67 bits per heavy atom. The van der Waals surface area contributed by atoms with E-state index in [0.717, 1.165) is 11.5 Å². The van der Waals surface area contributed by atoms with E-state index in [1.807, 2.05) is 0 Å². The molecule has 4 aromatic rings. The molecule has 6 rings (SSSR count). The van der Waals surface area contributed by atoms with Crippen molar-refractivity contribution >= 4 is 21.7 Å². The second-order valence-electron chi connectivity index (χ2n) is 10.6. The van der Waals surface area contributed by atoms with Crippen molar-refractivity contribution in [2.24, 2.45) is 7.05 Å². The summed E-state index contributed by atoms with van der Waals surface area (Å²) in [5.74, 6) is 3.16. The summed E-state index contributed by atoms with van der Waals surface area (Å²) in [6, 6.07) is 16.4. The number of pyridine rings is 1. The first-order valence-corrected chi connectivity index (χ1v) is 12.6. The summed E-state index contributed by atoms with van der Waals surface area (Å²) in [7, 11) is 2.20. The molecule has 168 valence electrons. The normalized spacial score (nSPS) is 15.8. The highest BCUT2D eigenvalue weighted by Gasteiger charge is 2.32. The molecule has 0 bridgehead atoms. The number of aromatic nitrogens is 1. The van der Waals surface area contributed by atoms with E-state index in [-0.39, 0.29) is 0 Å². The summed E-state index contributed by atoms with van der Waals surface area (Å²) in [6.45, 7) is 9.01. The van der Waals surface area contributed by atoms with Crippen LogP contribution in [0.2, 0.25) is 0 Å². The number of ether oxygens (including phenoxy) is 1. The van der Waals surface area contributed by atoms with Crippen LogP contribution in [-0.2, 0) is 7.05 Å². The third-order valence-electron chi connectivity index (χ3n) is 8.21. The molecule has 33 heavy (non-hydrogen) atoms. The lowest BCUT2D eigenvalue weighted by Crippen LogP contribution is -2.33. The van der Waals surface area contributed by atoms with Crippen molar-refractivity contribution in [1.29, 1.82) is 0 Å². The van der Waals surface area contributed by atoms with Gasteiger partial charge in [-0.05, 0) is 78.3 Å². The van der Waals surface area contributed by atoms with Crippen molar-refractivity contribution in [3.05, 3.63) is 64.7 Å². The maximum atomic E-state index is 6.69. The molecule has 0 amide bonds. The van der Waals surface area contributed by atoms with Crippen LogP contribution in [0.25, 0.3) is 32.9 Å². The maximum Gasteiger partial charge on any atom is 0.256 e. The number of aryl methyl sites for hydroxylation is 2. The average molecular weight is 437 g/mol. The van der Waals surface area contributed by atoms with Crippen molar-refractivity contribution < 1.29 is 9.30 Å². The van der Waals surface area contributed by atoms with Crippen molar-refractivity contribution in [2.45, 2.75) is 71.6 Å². The maximum absolute atomic E-state index is 6.69. The van der Waals surface area contributed by atoms with Gasteiger partial charge in [-0.3, -0.25) is 0 Å². The van der Waals surface area contributed by atoms with Gasteiger partial charge in [0, 0.05) is 17.5 Å². The molecule has 0 atom stereocenters. The van der Waals surface area contributed by atoms with Gasteiger partial charge in [-0.25, -0.2) is 0 Å². The quantitative estimate of drug-likeness (QED) is 0.253. The van der Waals surface area contributed by atoms with E-state index in [2.05, 4.69) is 81.8 Å². The fraction of sp³-hybridized carbons (Fsp3) is 0.387. The van der Waals surface area contributed by atoms with Crippen LogP contribution in [0, 0.1) is 13.8 Å². The highest BCUT2D eigenvalue weighted by atomic mass is 16.5. The van der Waals surface area contributed by atoms with Gasteiger partial charge >= 0.3 is 0 Å². The van der Waals surface area contributed by atoms with Crippen molar-refractivity contribution in [2.75, 3.05) is 0 Å². The molecule has 0 unspecified atom stereocenters. The smallest absolute Gasteiger partial charge is 0.256 e. The molecule has 2 aliphatic rings. The lowest BCUT2D eigenvalue weighted by atomic mass is 9.83. The van der Waals surface area contributed by atoms with Crippen LogP contribution < -0.4 is 9.30 Å². The van der Waals surface area contributed by atoms with Gasteiger partial charge in [-0.15, -0.1) is 0 Å². The van der Waals surface area contributed by atoms with E-state index in [9.17, 15) is 0 Å². The van der Waals surface area contributed by atoms with E-state index < -0.39 is 0 Å². The highest BCUT2D eigenvalue weighted by molar-refractivity contribution is 6.05. The molecule has 0 radical (unpaired) electrons. The predicted molar refractivity (Wildman–Crippen MR) is 138 cm³/mol. The number of hydrogen-bond acceptors (Lipinski definition) is 1. The van der Waals surface area contributed by atoms with Gasteiger partial charge < -0.3 is 4.74 Å². The average Bonchev–Trinajstić information content (AvgIpc) is 2.81. The highest BCUT2D eigenvalue weighted by Crippen LogP contribution is 2.49. The first-order valence-electron chi connectivity index (χ1n) is 12.6. The minimum Gasteiger partial charge on any atom is -0.450 e. The molecule has 2 heteroatoms. The molecule has 2 heterocycles. The Morgan fingerprint density at radius 1 is 0.879 bits per heavy atom. The third-order valence-corrected chi connectivity index (χ3v) is 8.21. The van der Waals surface area contributed by atoms with Gasteiger partial charge in [-0.2, -0.15) is 4.57 Å². The molecule has 0 spiro atoms. The molecule has 1 aliphatic carbocycles. The van der Waals surface area contributed by atoms with Gasteiger partial charge in [0.1, 0.15) is 12.8 Å². The van der Waals surface area contributed by atoms with E-state index in [4.69, 9.17) is 4.74 Å². The van der Waals surface area contributed by atoms with Crippen LogP contribution in [0.5, 0.6) is 11.5 Å². The second-order valence-corrected chi connectivity index (χ2v) is 10.6. The number of rotatable bonds is 2. The molecule has 1 saturated carbocycles. The molecule has 2 nitrogen and oxygen atoms in total. The Kier molecular flexibility index (Phi) is 4.76. The number of fused-ring (bicyclic) bond motifs is 3. The molecule has 1 aliphatic heterocycles. The van der Waals surface area contributed by atoms with E-state index >= 15 is 0 Å². The first kappa shape index (κ1) is 20.7. The zero-order chi connectivity index (χ0) is 22.9. The van der Waals surface area contributed by atoms with Crippen LogP contribution in [0.1, 0.15) is 80.0 Å². The summed E-state index contributed by atoms with van der Waals surface area (Å²) >= 11 is 0. The van der Waals surface area contributed by atoms with E-state index in [1.54, 1.807) is 0 Å². The summed E-state index contributed by atoms with van der Waals surface area (Å²) in [4.78, 5) is 0. The largest absolute Gasteiger partial charge is 0.450 e. The molecular formula is C31H34NO+. The zero-order valence-corrected chi connectivity index (χ0v) is 20.6. The lowest BCUT2D eigenvalue weighted by Gasteiger charge is -2.24. The predicted octanol–water partition coefficient (Wildman–Crippen LogP) is 8.38. The van der Waals surface area contributed by atoms with Gasteiger partial charge in [0.25, 0.3) is 5.69 Å². The number of benzene rings is 3. The SMILES string of the molecule is Cc1cc2cc(C(C)C)cc3c2c(c1C)-c1c(cc2cc(C4CCCCC4)ccc2[n+]1C)O3. The summed E-state index contributed by atoms with van der Waals surface area (Å²) in [5.41, 5.74) is 9.31. The minimum atomic E-state index is 0.464. The van der Waals surface area contributed by atoms with Crippen molar-refractivity contribution in [3.8, 4) is 22.8 Å². The Morgan fingerprint density at radius 3 is 2.42 bits per heavy atom. The third kappa shape index (κ3) is 3.18.